The molecule has 0 fully saturated rings. The molecule has 1 aromatic heterocycles. The number of anilines is 1. The van der Waals surface area contributed by atoms with Crippen molar-refractivity contribution < 1.29 is 14.2 Å². The van der Waals surface area contributed by atoms with Crippen molar-refractivity contribution in [2.45, 2.75) is 13.3 Å². The lowest BCUT2D eigenvalue weighted by Crippen LogP contribution is -2.13. The van der Waals surface area contributed by atoms with Gasteiger partial charge in [0, 0.05) is 5.56 Å². The van der Waals surface area contributed by atoms with Gasteiger partial charge >= 0.3 is 0 Å². The van der Waals surface area contributed by atoms with E-state index in [4.69, 9.17) is 4.74 Å². The normalized spacial score (nSPS) is 10.2. The second-order valence-electron chi connectivity index (χ2n) is 3.65. The van der Waals surface area contributed by atoms with Crippen LogP contribution in [0.4, 0.5) is 5.82 Å². The minimum Gasteiger partial charge on any atom is -0.482 e. The Morgan fingerprint density at radius 2 is 2.11 bits per heavy atom. The average molecular weight is 326 g/mol. The number of hydrogen-bond acceptors (Lipinski definition) is 5. The van der Waals surface area contributed by atoms with Crippen molar-refractivity contribution in [3.05, 3.63) is 35.5 Å². The molecule has 1 heterocycles. The van der Waals surface area contributed by atoms with Gasteiger partial charge in [-0.05, 0) is 51.8 Å². The molecule has 6 nitrogen and oxygen atoms in total. The third-order valence-electron chi connectivity index (χ3n) is 2.46. The number of nitrogens with zero attached hydrogens (tertiary/aromatic N) is 2. The number of nitrogens with one attached hydrogen (secondary N) is 1. The van der Waals surface area contributed by atoms with Gasteiger partial charge in [0.2, 0.25) is 5.82 Å². The molecule has 0 atom stereocenters. The molecule has 19 heavy (non-hydrogen) atoms. The van der Waals surface area contributed by atoms with Gasteiger partial charge in [-0.3, -0.25) is 4.79 Å². The maximum absolute atomic E-state index is 12.0. The van der Waals surface area contributed by atoms with Crippen LogP contribution in [-0.2, 0) is 6.42 Å². The van der Waals surface area contributed by atoms with Gasteiger partial charge in [0.05, 0.1) is 0 Å². The molecule has 2 rings (SSSR count). The number of hydrogen-bond donors (Lipinski definition) is 1. The Bertz CT molecular complexity index is 554. The van der Waals surface area contributed by atoms with Gasteiger partial charge in [0.25, 0.3) is 5.91 Å². The molecule has 100 valence electrons. The van der Waals surface area contributed by atoms with Crippen LogP contribution in [0, 0.1) is 0 Å². The third-order valence-corrected chi connectivity index (χ3v) is 2.69. The highest BCUT2D eigenvalue weighted by Crippen LogP contribution is 2.15. The first-order chi connectivity index (χ1) is 9.24. The third kappa shape index (κ3) is 3.31. The maximum atomic E-state index is 12.0. The second-order valence-corrected chi connectivity index (χ2v) is 4.10. The molecule has 1 aromatic carbocycles. The van der Waals surface area contributed by atoms with E-state index < -0.39 is 0 Å². The lowest BCUT2D eigenvalue weighted by molar-refractivity contribution is 0.102. The molecule has 0 aliphatic heterocycles. The summed E-state index contributed by atoms with van der Waals surface area (Å²) in [7, 11) is 0. The minimum atomic E-state index is -0.268. The van der Waals surface area contributed by atoms with Gasteiger partial charge in [-0.2, -0.15) is 0 Å². The van der Waals surface area contributed by atoms with Gasteiger partial charge < -0.3 is 10.1 Å². The number of aryl methyl sites for hydroxylation is 1. The van der Waals surface area contributed by atoms with Crippen LogP contribution < -0.4 is 10.1 Å². The number of aromatic nitrogens is 2. The van der Waals surface area contributed by atoms with Gasteiger partial charge in [0.15, 0.2) is 0 Å². The first-order valence-corrected chi connectivity index (χ1v) is 6.78. The monoisotopic (exact) mass is 325 g/mol. The molecule has 0 saturated heterocycles. The highest BCUT2D eigenvalue weighted by atomic mass is 79.9. The fourth-order valence-corrected chi connectivity index (χ4v) is 1.74. The Hall–Kier alpha value is -1.89. The lowest BCUT2D eigenvalue weighted by Gasteiger charge is -2.04. The molecule has 1 amide bonds. The van der Waals surface area contributed by atoms with E-state index in [9.17, 15) is 4.79 Å². The number of carbonyl (C=O) groups is 1. The van der Waals surface area contributed by atoms with E-state index in [1.165, 1.54) is 0 Å². The maximum Gasteiger partial charge on any atom is 0.256 e. The van der Waals surface area contributed by atoms with Crippen LogP contribution in [0.1, 0.15) is 23.0 Å². The molecule has 1 N–H and O–H groups in total. The number of carbonyl (C=O) groups excluding carboxylic acids is 1. The van der Waals surface area contributed by atoms with Crippen molar-refractivity contribution in [2.24, 2.45) is 0 Å². The summed E-state index contributed by atoms with van der Waals surface area (Å²) in [6.07, 6.45) is 0.636. The Balaban J connectivity index is 2.07. The predicted octanol–water partition coefficient (Wildman–Crippen LogP) is 2.62. The second kappa shape index (κ2) is 6.33. The molecule has 0 radical (unpaired) electrons. The first-order valence-electron chi connectivity index (χ1n) is 5.66. The van der Waals surface area contributed by atoms with Crippen LogP contribution in [-0.4, -0.2) is 21.7 Å². The Morgan fingerprint density at radius 3 is 2.74 bits per heavy atom. The number of halogens is 1. The molecule has 0 saturated carbocycles. The van der Waals surface area contributed by atoms with E-state index in [-0.39, 0.29) is 5.91 Å². The quantitative estimate of drug-likeness (QED) is 0.855. The topological polar surface area (TPSA) is 77.3 Å². The van der Waals surface area contributed by atoms with Gasteiger partial charge in [-0.1, -0.05) is 12.1 Å². The average Bonchev–Trinajstić information content (AvgIpc) is 2.87. The summed E-state index contributed by atoms with van der Waals surface area (Å²) in [6.45, 7) is 1.90. The number of rotatable bonds is 5. The van der Waals surface area contributed by atoms with Crippen molar-refractivity contribution in [1.29, 1.82) is 0 Å². The van der Waals surface area contributed by atoms with Gasteiger partial charge in [-0.15, -0.1) is 0 Å². The Labute approximate surface area is 118 Å². The fraction of sp³-hybridized carbons (Fsp3) is 0.250. The summed E-state index contributed by atoms with van der Waals surface area (Å²) in [4.78, 5) is 12.0. The van der Waals surface area contributed by atoms with E-state index >= 15 is 0 Å². The number of ether oxygens (including phenoxy) is 1. The Morgan fingerprint density at radius 1 is 1.37 bits per heavy atom. The lowest BCUT2D eigenvalue weighted by atomic mass is 10.2. The van der Waals surface area contributed by atoms with Crippen LogP contribution in [0.2, 0.25) is 0 Å². The molecule has 0 aliphatic carbocycles. The zero-order chi connectivity index (χ0) is 13.7. The van der Waals surface area contributed by atoms with E-state index in [1.54, 1.807) is 24.3 Å². The molecule has 7 heteroatoms. The summed E-state index contributed by atoms with van der Waals surface area (Å²) < 4.78 is 9.82. The van der Waals surface area contributed by atoms with Crippen molar-refractivity contribution in [3.8, 4) is 5.75 Å². The molecule has 0 bridgehead atoms. The van der Waals surface area contributed by atoms with Crippen LogP contribution in [0.3, 0.4) is 0 Å². The standard InChI is InChI=1S/C12H12BrN3O3/c1-2-10-11(16-19-15-10)14-12(17)8-3-5-9(6-4-8)18-7-13/h3-6H,2,7H2,1H3,(H,14,16,17). The Kier molecular flexibility index (Phi) is 4.51. The highest BCUT2D eigenvalue weighted by Gasteiger charge is 2.13. The molecule has 0 unspecified atom stereocenters. The summed E-state index contributed by atoms with van der Waals surface area (Å²) in [5, 5.41) is 10.00. The number of alkyl halides is 1. The van der Waals surface area contributed by atoms with Gasteiger partial charge in [-0.25, -0.2) is 4.63 Å². The molecule has 0 spiro atoms. The van der Waals surface area contributed by atoms with Crippen LogP contribution in [0.25, 0.3) is 0 Å². The van der Waals surface area contributed by atoms with Crippen molar-refractivity contribution in [2.75, 3.05) is 10.8 Å². The molecule has 2 aromatic rings. The van der Waals surface area contributed by atoms with Crippen LogP contribution in [0.5, 0.6) is 5.75 Å². The predicted molar refractivity (Wildman–Crippen MR) is 72.5 cm³/mol. The summed E-state index contributed by atoms with van der Waals surface area (Å²) in [5.74, 6) is 0.773. The number of amides is 1. The van der Waals surface area contributed by atoms with Gasteiger partial charge in [0.1, 0.15) is 17.0 Å². The number of benzene rings is 1. The van der Waals surface area contributed by atoms with E-state index in [0.717, 1.165) is 0 Å². The van der Waals surface area contributed by atoms with Crippen molar-refractivity contribution in [3.63, 3.8) is 0 Å². The molecular formula is C12H12BrN3O3. The minimum absolute atomic E-state index is 0.268. The summed E-state index contributed by atoms with van der Waals surface area (Å²) >= 11 is 3.16. The fourth-order valence-electron chi connectivity index (χ4n) is 1.48. The van der Waals surface area contributed by atoms with E-state index in [0.29, 0.717) is 34.8 Å². The van der Waals surface area contributed by atoms with E-state index in [2.05, 4.69) is 36.2 Å². The molecular weight excluding hydrogens is 314 g/mol. The van der Waals surface area contributed by atoms with Crippen molar-refractivity contribution >= 4 is 27.7 Å². The zero-order valence-corrected chi connectivity index (χ0v) is 11.8. The van der Waals surface area contributed by atoms with Crippen LogP contribution >= 0.6 is 15.9 Å². The van der Waals surface area contributed by atoms with Crippen molar-refractivity contribution in [1.82, 2.24) is 10.3 Å². The highest BCUT2D eigenvalue weighted by molar-refractivity contribution is 9.09. The smallest absolute Gasteiger partial charge is 0.256 e. The van der Waals surface area contributed by atoms with Crippen LogP contribution in [0.15, 0.2) is 28.9 Å². The summed E-state index contributed by atoms with van der Waals surface area (Å²) in [5.41, 5.74) is 1.53. The first kappa shape index (κ1) is 13.5. The largest absolute Gasteiger partial charge is 0.482 e. The SMILES string of the molecule is CCc1nonc1NC(=O)c1ccc(OCBr)cc1. The summed E-state index contributed by atoms with van der Waals surface area (Å²) in [6, 6.07) is 6.79. The zero-order valence-electron chi connectivity index (χ0n) is 10.2. The molecule has 0 aliphatic rings. The van der Waals surface area contributed by atoms with E-state index in [1.807, 2.05) is 6.92 Å².